The SMILES string of the molecule is O=S(=O)(O)OCC(F)(F)C(F)(F)F.[H-].[Li+]. The van der Waals surface area contributed by atoms with E-state index in [1.54, 1.807) is 0 Å². The normalized spacial score (nSPS) is 13.6. The number of hydrogen-bond acceptors (Lipinski definition) is 3. The minimum atomic E-state index is -5.92. The fraction of sp³-hybridized carbons (Fsp3) is 1.00. The van der Waals surface area contributed by atoms with Gasteiger partial charge in [-0.25, -0.2) is 4.18 Å². The first-order chi connectivity index (χ1) is 5.46. The average molecular weight is 238 g/mol. The second-order valence-corrected chi connectivity index (χ2v) is 2.98. The van der Waals surface area contributed by atoms with Gasteiger partial charge in [-0.1, -0.05) is 0 Å². The molecule has 0 aromatic carbocycles. The fourth-order valence-corrected chi connectivity index (χ4v) is 0.527. The van der Waals surface area contributed by atoms with Gasteiger partial charge in [-0.2, -0.15) is 30.4 Å². The maximum absolute atomic E-state index is 11.8. The van der Waals surface area contributed by atoms with Crippen molar-refractivity contribution in [1.29, 1.82) is 0 Å². The molecule has 0 amide bonds. The molecule has 4 nitrogen and oxygen atoms in total. The Morgan fingerprint density at radius 2 is 1.57 bits per heavy atom. The molecule has 0 radical (unpaired) electrons. The third-order valence-electron chi connectivity index (χ3n) is 0.804. The van der Waals surface area contributed by atoms with Gasteiger partial charge in [0, 0.05) is 0 Å². The molecule has 0 aliphatic rings. The Hall–Kier alpha value is 0.117. The molecular weight excluding hydrogens is 234 g/mol. The zero-order chi connectivity index (χ0) is 10.9. The maximum atomic E-state index is 11.8. The molecule has 1 N–H and O–H groups in total. The standard InChI is InChI=1S/C3H3F5O4S.Li.H/c4-2(5,3(6,7)8)1-12-13(9,10)11;;/h1H2,(H,9,10,11);;/q;+1;-1. The van der Waals surface area contributed by atoms with Crippen molar-refractivity contribution in [2.24, 2.45) is 0 Å². The molecule has 0 rings (SSSR count). The maximum Gasteiger partial charge on any atom is 1.00 e. The Kier molecular flexibility index (Phi) is 5.62. The van der Waals surface area contributed by atoms with Gasteiger partial charge < -0.3 is 1.43 Å². The predicted molar refractivity (Wildman–Crippen MR) is 29.6 cm³/mol. The van der Waals surface area contributed by atoms with Crippen molar-refractivity contribution >= 4 is 10.4 Å². The van der Waals surface area contributed by atoms with Crippen molar-refractivity contribution in [3.8, 4) is 0 Å². The van der Waals surface area contributed by atoms with Crippen LogP contribution in [0.4, 0.5) is 22.0 Å². The summed E-state index contributed by atoms with van der Waals surface area (Å²) in [4.78, 5) is 0. The van der Waals surface area contributed by atoms with E-state index in [-0.39, 0.29) is 20.3 Å². The average Bonchev–Trinajstić information content (AvgIpc) is 1.79. The summed E-state index contributed by atoms with van der Waals surface area (Å²) < 4.78 is 87.4. The Labute approximate surface area is 89.0 Å². The van der Waals surface area contributed by atoms with Crippen LogP contribution in [0.5, 0.6) is 0 Å². The first kappa shape index (κ1) is 16.5. The summed E-state index contributed by atoms with van der Waals surface area (Å²) in [6, 6.07) is 0. The van der Waals surface area contributed by atoms with Crippen molar-refractivity contribution in [3.63, 3.8) is 0 Å². The molecule has 0 bridgehead atoms. The molecule has 0 saturated heterocycles. The van der Waals surface area contributed by atoms with Gasteiger partial charge in [0.05, 0.1) is 0 Å². The van der Waals surface area contributed by atoms with Gasteiger partial charge in [0.15, 0.2) is 0 Å². The largest absolute Gasteiger partial charge is 1.00 e. The molecule has 82 valence electrons. The Morgan fingerprint density at radius 3 is 1.79 bits per heavy atom. The number of halogens is 5. The van der Waals surface area contributed by atoms with Gasteiger partial charge in [0.25, 0.3) is 0 Å². The zero-order valence-corrected chi connectivity index (χ0v) is 7.49. The predicted octanol–water partition coefficient (Wildman–Crippen LogP) is -1.88. The zero-order valence-electron chi connectivity index (χ0n) is 7.68. The van der Waals surface area contributed by atoms with E-state index in [1.165, 1.54) is 0 Å². The van der Waals surface area contributed by atoms with Gasteiger partial charge in [-0.05, 0) is 0 Å². The van der Waals surface area contributed by atoms with E-state index < -0.39 is 29.1 Å². The molecule has 0 heterocycles. The van der Waals surface area contributed by atoms with E-state index in [1.807, 2.05) is 0 Å². The van der Waals surface area contributed by atoms with Gasteiger partial charge >= 0.3 is 41.4 Å². The van der Waals surface area contributed by atoms with Crippen molar-refractivity contribution in [2.75, 3.05) is 6.61 Å². The third kappa shape index (κ3) is 5.77. The molecule has 0 atom stereocenters. The van der Waals surface area contributed by atoms with E-state index in [9.17, 15) is 30.4 Å². The van der Waals surface area contributed by atoms with Gasteiger partial charge in [0.2, 0.25) is 0 Å². The molecule has 0 aromatic heterocycles. The van der Waals surface area contributed by atoms with Crippen LogP contribution in [-0.4, -0.2) is 31.7 Å². The summed E-state index contributed by atoms with van der Waals surface area (Å²) in [7, 11) is -5.30. The molecule has 14 heavy (non-hydrogen) atoms. The van der Waals surface area contributed by atoms with Crippen LogP contribution in [0.3, 0.4) is 0 Å². The molecule has 0 aliphatic carbocycles. The van der Waals surface area contributed by atoms with E-state index in [4.69, 9.17) is 4.55 Å². The summed E-state index contributed by atoms with van der Waals surface area (Å²) >= 11 is 0. The Morgan fingerprint density at radius 1 is 1.21 bits per heavy atom. The van der Waals surface area contributed by atoms with Crippen LogP contribution in [0.15, 0.2) is 0 Å². The minimum absolute atomic E-state index is 0. The molecular formula is C3H4F5LiO4S. The first-order valence-corrected chi connectivity index (χ1v) is 3.88. The van der Waals surface area contributed by atoms with Crippen LogP contribution in [0.25, 0.3) is 0 Å². The van der Waals surface area contributed by atoms with E-state index in [0.29, 0.717) is 0 Å². The fourth-order valence-electron chi connectivity index (χ4n) is 0.230. The van der Waals surface area contributed by atoms with Crippen LogP contribution in [0.1, 0.15) is 1.43 Å². The van der Waals surface area contributed by atoms with Crippen molar-refractivity contribution in [2.45, 2.75) is 12.1 Å². The summed E-state index contributed by atoms with van der Waals surface area (Å²) in [6.07, 6.45) is -5.92. The summed E-state index contributed by atoms with van der Waals surface area (Å²) in [5, 5.41) is 0. The minimum Gasteiger partial charge on any atom is -1.00 e. The molecule has 0 aliphatic heterocycles. The second kappa shape index (κ2) is 4.76. The molecule has 0 spiro atoms. The summed E-state index contributed by atoms with van der Waals surface area (Å²) in [6.45, 7) is -2.48. The number of hydrogen-bond donors (Lipinski definition) is 1. The molecule has 11 heteroatoms. The monoisotopic (exact) mass is 238 g/mol. The molecule has 0 aromatic rings. The van der Waals surface area contributed by atoms with Crippen LogP contribution in [-0.2, 0) is 14.6 Å². The summed E-state index contributed by atoms with van der Waals surface area (Å²) in [5.41, 5.74) is 0. The second-order valence-electron chi connectivity index (χ2n) is 1.89. The van der Waals surface area contributed by atoms with Crippen molar-refractivity contribution in [1.82, 2.24) is 0 Å². The van der Waals surface area contributed by atoms with E-state index in [0.717, 1.165) is 0 Å². The number of alkyl halides is 5. The summed E-state index contributed by atoms with van der Waals surface area (Å²) in [5.74, 6) is -5.32. The smallest absolute Gasteiger partial charge is 1.00 e. The van der Waals surface area contributed by atoms with Crippen LogP contribution in [0, 0.1) is 0 Å². The van der Waals surface area contributed by atoms with Crippen molar-refractivity contribution < 1.29 is 59.4 Å². The van der Waals surface area contributed by atoms with Crippen LogP contribution >= 0.6 is 0 Å². The van der Waals surface area contributed by atoms with E-state index >= 15 is 0 Å². The van der Waals surface area contributed by atoms with Crippen LogP contribution < -0.4 is 18.9 Å². The topological polar surface area (TPSA) is 63.6 Å². The molecule has 0 fully saturated rings. The van der Waals surface area contributed by atoms with E-state index in [2.05, 4.69) is 4.18 Å². The third-order valence-corrected chi connectivity index (χ3v) is 1.22. The molecule has 0 unspecified atom stereocenters. The van der Waals surface area contributed by atoms with Gasteiger partial charge in [-0.15, -0.1) is 0 Å². The Balaban J connectivity index is -0.000000720. The molecule has 0 saturated carbocycles. The first-order valence-electron chi connectivity index (χ1n) is 2.52. The number of rotatable bonds is 3. The van der Waals surface area contributed by atoms with Crippen molar-refractivity contribution in [3.05, 3.63) is 0 Å². The Bertz CT molecular complexity index is 276. The van der Waals surface area contributed by atoms with Crippen LogP contribution in [0.2, 0.25) is 0 Å². The van der Waals surface area contributed by atoms with Gasteiger partial charge in [-0.3, -0.25) is 4.55 Å². The van der Waals surface area contributed by atoms with Gasteiger partial charge in [0.1, 0.15) is 6.61 Å². The quantitative estimate of drug-likeness (QED) is 0.355.